The van der Waals surface area contributed by atoms with Gasteiger partial charge in [-0.2, -0.15) is 0 Å². The second-order valence-corrected chi connectivity index (χ2v) is 6.38. The van der Waals surface area contributed by atoms with Gasteiger partial charge in [-0.15, -0.1) is 0 Å². The Hall–Kier alpha value is -3.59. The highest BCUT2D eigenvalue weighted by molar-refractivity contribution is 5.90. The van der Waals surface area contributed by atoms with E-state index in [9.17, 15) is 4.79 Å². The number of urea groups is 1. The van der Waals surface area contributed by atoms with E-state index in [4.69, 9.17) is 0 Å². The molecule has 3 aromatic rings. The minimum absolute atomic E-state index is 0.198. The van der Waals surface area contributed by atoms with Crippen molar-refractivity contribution in [1.82, 2.24) is 10.6 Å². The van der Waals surface area contributed by atoms with E-state index in [2.05, 4.69) is 22.8 Å². The number of hydrogen-bond donors (Lipinski definition) is 2. The van der Waals surface area contributed by atoms with Crippen molar-refractivity contribution in [2.75, 3.05) is 0 Å². The zero-order valence-corrected chi connectivity index (χ0v) is 14.8. The minimum Gasteiger partial charge on any atom is -0.327 e. The van der Waals surface area contributed by atoms with Crippen LogP contribution in [0.15, 0.2) is 103 Å². The number of carbonyl (C=O) groups excluding carboxylic acids is 1. The molecule has 132 valence electrons. The van der Waals surface area contributed by atoms with Crippen molar-refractivity contribution in [1.29, 1.82) is 0 Å². The minimum atomic E-state index is -0.210. The van der Waals surface area contributed by atoms with Gasteiger partial charge in [-0.1, -0.05) is 97.1 Å². The maximum Gasteiger partial charge on any atom is 0.320 e. The smallest absolute Gasteiger partial charge is 0.320 e. The maximum absolute atomic E-state index is 12.4. The van der Waals surface area contributed by atoms with E-state index in [1.165, 1.54) is 0 Å². The molecule has 1 aliphatic heterocycles. The lowest BCUT2D eigenvalue weighted by Crippen LogP contribution is -2.43. The fourth-order valence-corrected chi connectivity index (χ4v) is 3.30. The molecule has 0 unspecified atom stereocenters. The van der Waals surface area contributed by atoms with E-state index in [0.717, 1.165) is 28.0 Å². The number of benzene rings is 3. The average Bonchev–Trinajstić information content (AvgIpc) is 2.74. The Morgan fingerprint density at radius 3 is 1.96 bits per heavy atom. The molecule has 1 heterocycles. The Morgan fingerprint density at radius 1 is 0.704 bits per heavy atom. The van der Waals surface area contributed by atoms with Gasteiger partial charge < -0.3 is 10.6 Å². The summed E-state index contributed by atoms with van der Waals surface area (Å²) in [6.07, 6.45) is 4.00. The lowest BCUT2D eigenvalue weighted by Gasteiger charge is -2.30. The summed E-state index contributed by atoms with van der Waals surface area (Å²) < 4.78 is 0. The third kappa shape index (κ3) is 3.82. The van der Waals surface area contributed by atoms with Gasteiger partial charge in [-0.05, 0) is 22.8 Å². The molecule has 0 radical (unpaired) electrons. The molecule has 1 aliphatic rings. The Morgan fingerprint density at radius 2 is 1.30 bits per heavy atom. The number of rotatable bonds is 4. The predicted octanol–water partition coefficient (Wildman–Crippen LogP) is 5.17. The van der Waals surface area contributed by atoms with Gasteiger partial charge in [0.2, 0.25) is 0 Å². The summed E-state index contributed by atoms with van der Waals surface area (Å²) >= 11 is 0. The van der Waals surface area contributed by atoms with Crippen LogP contribution in [0, 0.1) is 0 Å². The Kier molecular flexibility index (Phi) is 4.84. The molecule has 2 amide bonds. The maximum atomic E-state index is 12.4. The quantitative estimate of drug-likeness (QED) is 0.668. The number of nitrogens with one attached hydrogen (secondary N) is 2. The molecule has 0 fully saturated rings. The van der Waals surface area contributed by atoms with Crippen LogP contribution < -0.4 is 10.6 Å². The van der Waals surface area contributed by atoms with Gasteiger partial charge in [0.1, 0.15) is 0 Å². The summed E-state index contributed by atoms with van der Waals surface area (Å²) in [4.78, 5) is 12.4. The summed E-state index contributed by atoms with van der Waals surface area (Å²) in [6, 6.07) is 29.9. The molecule has 27 heavy (non-hydrogen) atoms. The van der Waals surface area contributed by atoms with Gasteiger partial charge in [-0.25, -0.2) is 4.79 Å². The topological polar surface area (TPSA) is 41.1 Å². The van der Waals surface area contributed by atoms with Gasteiger partial charge in [0.15, 0.2) is 0 Å². The van der Waals surface area contributed by atoms with Crippen LogP contribution in [0.2, 0.25) is 0 Å². The zero-order chi connectivity index (χ0) is 18.5. The van der Waals surface area contributed by atoms with Crippen molar-refractivity contribution in [2.45, 2.75) is 6.04 Å². The van der Waals surface area contributed by atoms with Gasteiger partial charge in [-0.3, -0.25) is 0 Å². The standard InChI is InChI=1S/C24H20N2O/c27-24-25-21(17-16-18-10-4-1-5-11-18)22(19-12-6-2-7-13-19)23(26-24)20-14-8-3-9-15-20/h1-17,23H,(H2,25,26,27)/b17-16+/t23-/m0/s1. The number of amides is 2. The van der Waals surface area contributed by atoms with Crippen LogP contribution in [0.3, 0.4) is 0 Å². The molecule has 0 aromatic heterocycles. The zero-order valence-electron chi connectivity index (χ0n) is 14.8. The van der Waals surface area contributed by atoms with Crippen LogP contribution in [0.1, 0.15) is 22.7 Å². The van der Waals surface area contributed by atoms with Crippen LogP contribution in [-0.2, 0) is 0 Å². The highest BCUT2D eigenvalue weighted by Crippen LogP contribution is 2.34. The normalized spacial score (nSPS) is 16.9. The molecule has 1 atom stereocenters. The monoisotopic (exact) mass is 352 g/mol. The summed E-state index contributed by atoms with van der Waals surface area (Å²) in [6.45, 7) is 0. The first-order valence-corrected chi connectivity index (χ1v) is 8.96. The van der Waals surface area contributed by atoms with Crippen LogP contribution in [0.4, 0.5) is 4.79 Å². The summed E-state index contributed by atoms with van der Waals surface area (Å²) in [7, 11) is 0. The molecular formula is C24H20N2O. The van der Waals surface area contributed by atoms with E-state index >= 15 is 0 Å². The first-order valence-electron chi connectivity index (χ1n) is 8.96. The van der Waals surface area contributed by atoms with Crippen molar-refractivity contribution < 1.29 is 4.79 Å². The fourth-order valence-electron chi connectivity index (χ4n) is 3.30. The molecule has 0 bridgehead atoms. The Bertz CT molecular complexity index is 977. The third-order valence-corrected chi connectivity index (χ3v) is 4.56. The summed E-state index contributed by atoms with van der Waals surface area (Å²) in [5.74, 6) is 0. The van der Waals surface area contributed by atoms with Gasteiger partial charge >= 0.3 is 6.03 Å². The SMILES string of the molecule is O=C1NC(/C=C/c2ccccc2)=C(c2ccccc2)[C@H](c2ccccc2)N1. The molecule has 4 rings (SSSR count). The van der Waals surface area contributed by atoms with Crippen LogP contribution in [0.25, 0.3) is 11.6 Å². The van der Waals surface area contributed by atoms with E-state index in [1.54, 1.807) is 0 Å². The second-order valence-electron chi connectivity index (χ2n) is 6.38. The number of carbonyl (C=O) groups is 1. The Labute approximate surface area is 159 Å². The molecule has 3 heteroatoms. The van der Waals surface area contributed by atoms with Gasteiger partial charge in [0.25, 0.3) is 0 Å². The molecule has 0 spiro atoms. The van der Waals surface area contributed by atoms with Crippen LogP contribution >= 0.6 is 0 Å². The van der Waals surface area contributed by atoms with Crippen molar-refractivity contribution in [3.63, 3.8) is 0 Å². The summed E-state index contributed by atoms with van der Waals surface area (Å²) in [5, 5.41) is 6.05. The van der Waals surface area contributed by atoms with Gasteiger partial charge in [0.05, 0.1) is 6.04 Å². The van der Waals surface area contributed by atoms with Crippen LogP contribution in [0.5, 0.6) is 0 Å². The van der Waals surface area contributed by atoms with Gasteiger partial charge in [0, 0.05) is 11.3 Å². The predicted molar refractivity (Wildman–Crippen MR) is 110 cm³/mol. The summed E-state index contributed by atoms with van der Waals surface area (Å²) in [5.41, 5.74) is 5.07. The third-order valence-electron chi connectivity index (χ3n) is 4.56. The number of hydrogen-bond acceptors (Lipinski definition) is 1. The molecule has 3 nitrogen and oxygen atoms in total. The molecule has 0 saturated heterocycles. The van der Waals surface area contributed by atoms with Crippen LogP contribution in [-0.4, -0.2) is 6.03 Å². The van der Waals surface area contributed by atoms with Crippen molar-refractivity contribution >= 4 is 17.7 Å². The highest BCUT2D eigenvalue weighted by Gasteiger charge is 2.28. The van der Waals surface area contributed by atoms with Crippen molar-refractivity contribution in [2.24, 2.45) is 0 Å². The highest BCUT2D eigenvalue weighted by atomic mass is 16.2. The van der Waals surface area contributed by atoms with Crippen molar-refractivity contribution in [3.8, 4) is 0 Å². The largest absolute Gasteiger partial charge is 0.327 e. The lowest BCUT2D eigenvalue weighted by molar-refractivity contribution is 0.240. The fraction of sp³-hybridized carbons (Fsp3) is 0.0417. The molecule has 2 N–H and O–H groups in total. The molecule has 0 aliphatic carbocycles. The van der Waals surface area contributed by atoms with E-state index in [1.807, 2.05) is 91.0 Å². The molecule has 0 saturated carbocycles. The average molecular weight is 352 g/mol. The van der Waals surface area contributed by atoms with E-state index in [0.29, 0.717) is 0 Å². The lowest BCUT2D eigenvalue weighted by atomic mass is 9.89. The van der Waals surface area contributed by atoms with Crippen molar-refractivity contribution in [3.05, 3.63) is 119 Å². The second kappa shape index (κ2) is 7.75. The van der Waals surface area contributed by atoms with E-state index < -0.39 is 0 Å². The first-order chi connectivity index (χ1) is 13.3. The molecular weight excluding hydrogens is 332 g/mol. The first kappa shape index (κ1) is 16.9. The molecule has 3 aromatic carbocycles. The number of allylic oxidation sites excluding steroid dienone is 1. The Balaban J connectivity index is 1.84. The van der Waals surface area contributed by atoms with E-state index in [-0.39, 0.29) is 12.1 Å².